The molecule has 0 saturated carbocycles. The quantitative estimate of drug-likeness (QED) is 0.329. The van der Waals surface area contributed by atoms with Gasteiger partial charge in [0, 0.05) is 11.3 Å². The Hall–Kier alpha value is -2.92. The number of carbonyl (C=O) groups excluding carboxylic acids is 1. The zero-order chi connectivity index (χ0) is 27.7. The van der Waals surface area contributed by atoms with Gasteiger partial charge >= 0.3 is 20.0 Å². The number of hydrogen-bond donors (Lipinski definition) is 3. The molecule has 0 bridgehead atoms. The Bertz CT molecular complexity index is 1080. The average molecular weight is 534 g/mol. The Balaban J connectivity index is 0.000000809. The number of nitrogens with one attached hydrogen (secondary N) is 1. The molecule has 2 rings (SSSR count). The summed E-state index contributed by atoms with van der Waals surface area (Å²) < 4.78 is 48.1. The third-order valence-corrected chi connectivity index (χ3v) is 5.93. The number of para-hydroxylation sites is 2. The van der Waals surface area contributed by atoms with Crippen LogP contribution in [0.15, 0.2) is 42.5 Å². The van der Waals surface area contributed by atoms with Crippen molar-refractivity contribution in [2.45, 2.75) is 40.4 Å². The fraction of sp³-hybridized carbons (Fsp3) is 0.391. The normalized spacial score (nSPS) is 13.1. The molecular weight excluding hydrogens is 504 g/mol. The molecular formula is C23H30F3N2O7P. The van der Waals surface area contributed by atoms with Crippen LogP contribution in [-0.4, -0.2) is 52.2 Å². The lowest BCUT2D eigenvalue weighted by molar-refractivity contribution is -0.930. The van der Waals surface area contributed by atoms with Gasteiger partial charge in [0.1, 0.15) is 12.3 Å². The molecule has 2 aromatic carbocycles. The van der Waals surface area contributed by atoms with Crippen molar-refractivity contribution >= 4 is 25.4 Å². The molecule has 9 nitrogen and oxygen atoms in total. The summed E-state index contributed by atoms with van der Waals surface area (Å²) in [6.45, 7) is 9.83. The molecule has 0 aliphatic carbocycles. The minimum Gasteiger partial charge on any atom is -0.746 e. The number of halogens is 3. The lowest BCUT2D eigenvalue weighted by atomic mass is 10.1. The van der Waals surface area contributed by atoms with Crippen molar-refractivity contribution in [1.29, 1.82) is 0 Å². The van der Waals surface area contributed by atoms with E-state index in [-0.39, 0.29) is 18.2 Å². The summed E-state index contributed by atoms with van der Waals surface area (Å²) in [5.74, 6) is -2.79. The number of phosphoric acid groups is 1. The number of aliphatic carboxylic acids is 1. The fourth-order valence-corrected chi connectivity index (χ4v) is 3.86. The Labute approximate surface area is 207 Å². The lowest BCUT2D eigenvalue weighted by Gasteiger charge is -2.37. The van der Waals surface area contributed by atoms with Gasteiger partial charge in [0.2, 0.25) is 0 Å². The van der Waals surface area contributed by atoms with E-state index in [9.17, 15) is 27.4 Å². The summed E-state index contributed by atoms with van der Waals surface area (Å²) in [5.41, 5.74) is 3.43. The van der Waals surface area contributed by atoms with E-state index in [0.29, 0.717) is 29.7 Å². The number of likely N-dealkylation sites (N-methyl/N-ethyl adjacent to an activating group) is 1. The van der Waals surface area contributed by atoms with Crippen molar-refractivity contribution in [3.8, 4) is 5.75 Å². The minimum absolute atomic E-state index is 0.0767. The number of rotatable bonds is 9. The first kappa shape index (κ1) is 31.1. The molecule has 0 spiro atoms. The number of carboxylic acids is 1. The Kier molecular flexibility index (Phi) is 11.1. The van der Waals surface area contributed by atoms with Gasteiger partial charge in [-0.15, -0.1) is 0 Å². The third kappa shape index (κ3) is 9.98. The number of nitrogens with zero attached hydrogens (tertiary/aromatic N) is 1. The van der Waals surface area contributed by atoms with Gasteiger partial charge < -0.3 is 29.2 Å². The maximum atomic E-state index is 12.9. The minimum atomic E-state index is -5.08. The molecule has 3 N–H and O–H groups in total. The molecule has 2 aromatic rings. The predicted molar refractivity (Wildman–Crippen MR) is 125 cm³/mol. The van der Waals surface area contributed by atoms with Crippen LogP contribution < -0.4 is 14.7 Å². The number of phosphoric ester groups is 1. The number of alkyl halides is 3. The summed E-state index contributed by atoms with van der Waals surface area (Å²) in [6.07, 6.45) is -5.08. The predicted octanol–water partition coefficient (Wildman–Crippen LogP) is 3.77. The summed E-state index contributed by atoms with van der Waals surface area (Å²) >= 11 is 0. The third-order valence-electron chi connectivity index (χ3n) is 5.50. The summed E-state index contributed by atoms with van der Waals surface area (Å²) in [5, 5.41) is 10.1. The van der Waals surface area contributed by atoms with Crippen molar-refractivity contribution in [3.63, 3.8) is 0 Å². The number of benzene rings is 2. The molecule has 1 unspecified atom stereocenters. The van der Waals surface area contributed by atoms with E-state index in [2.05, 4.69) is 5.32 Å². The molecule has 36 heavy (non-hydrogen) atoms. The lowest BCUT2D eigenvalue weighted by Crippen LogP contribution is -2.51. The standard InChI is InChI=1S/C21H29N2O5P.C2HF3O2/c1-5-23(6-2,14-18-12-7-8-13-19(18)28-29(25,26)27)15-20(24)22-21-16(3)10-9-11-17(21)4;3-2(4,5)1(6)7/h7-13H,5-6,14-15H2,1-4H3,(H2-,22,24,25,26,27);(H,6,7). The van der Waals surface area contributed by atoms with E-state index in [1.807, 2.05) is 45.9 Å². The van der Waals surface area contributed by atoms with Crippen LogP contribution in [0.3, 0.4) is 0 Å². The van der Waals surface area contributed by atoms with Crippen LogP contribution in [0.5, 0.6) is 5.75 Å². The average Bonchev–Trinajstić information content (AvgIpc) is 2.76. The highest BCUT2D eigenvalue weighted by Crippen LogP contribution is 2.36. The van der Waals surface area contributed by atoms with E-state index in [0.717, 1.165) is 16.8 Å². The van der Waals surface area contributed by atoms with Crippen LogP contribution in [0.1, 0.15) is 30.5 Å². The summed E-state index contributed by atoms with van der Waals surface area (Å²) in [6, 6.07) is 12.5. The van der Waals surface area contributed by atoms with Gasteiger partial charge in [-0.25, -0.2) is 4.79 Å². The highest BCUT2D eigenvalue weighted by Gasteiger charge is 2.38. The van der Waals surface area contributed by atoms with Gasteiger partial charge in [-0.05, 0) is 51.0 Å². The summed E-state index contributed by atoms with van der Waals surface area (Å²) in [4.78, 5) is 42.0. The second-order valence-electron chi connectivity index (χ2n) is 8.08. The van der Waals surface area contributed by atoms with E-state index < -0.39 is 20.0 Å². The molecule has 0 aliphatic rings. The molecule has 200 valence electrons. The van der Waals surface area contributed by atoms with E-state index in [1.54, 1.807) is 18.2 Å². The maximum absolute atomic E-state index is 12.9. The van der Waals surface area contributed by atoms with Gasteiger partial charge in [0.15, 0.2) is 6.54 Å². The Morgan fingerprint density at radius 2 is 1.56 bits per heavy atom. The topological polar surface area (TPSA) is 136 Å². The summed E-state index contributed by atoms with van der Waals surface area (Å²) in [7, 11) is -4.92. The van der Waals surface area contributed by atoms with Crippen LogP contribution in [-0.2, 0) is 20.7 Å². The highest BCUT2D eigenvalue weighted by molar-refractivity contribution is 7.45. The van der Waals surface area contributed by atoms with Crippen molar-refractivity contribution in [1.82, 2.24) is 0 Å². The molecule has 0 heterocycles. The zero-order valence-corrected chi connectivity index (χ0v) is 21.2. The first-order valence-corrected chi connectivity index (χ1v) is 12.4. The van der Waals surface area contributed by atoms with Crippen LogP contribution in [0, 0.1) is 13.8 Å². The van der Waals surface area contributed by atoms with Gasteiger partial charge in [0.05, 0.1) is 13.1 Å². The van der Waals surface area contributed by atoms with Crippen molar-refractivity contribution in [3.05, 3.63) is 59.2 Å². The van der Waals surface area contributed by atoms with E-state index in [4.69, 9.17) is 19.3 Å². The Morgan fingerprint density at radius 3 is 2.00 bits per heavy atom. The zero-order valence-electron chi connectivity index (χ0n) is 20.3. The maximum Gasteiger partial charge on any atom is 0.490 e. The second-order valence-corrected chi connectivity index (χ2v) is 9.20. The number of carbonyl (C=O) groups is 2. The fourth-order valence-electron chi connectivity index (χ4n) is 3.43. The van der Waals surface area contributed by atoms with Crippen LogP contribution in [0.25, 0.3) is 0 Å². The number of quaternary nitrogens is 1. The number of hydrogen-bond acceptors (Lipinski definition) is 5. The molecule has 13 heteroatoms. The number of amides is 1. The van der Waals surface area contributed by atoms with Crippen molar-refractivity contribution < 1.29 is 51.2 Å². The van der Waals surface area contributed by atoms with Gasteiger partial charge in [-0.2, -0.15) is 13.2 Å². The Morgan fingerprint density at radius 1 is 1.06 bits per heavy atom. The van der Waals surface area contributed by atoms with Crippen LogP contribution in [0.2, 0.25) is 0 Å². The second kappa shape index (κ2) is 12.9. The molecule has 1 amide bonds. The largest absolute Gasteiger partial charge is 0.746 e. The first-order chi connectivity index (χ1) is 16.5. The van der Waals surface area contributed by atoms with Gasteiger partial charge in [-0.3, -0.25) is 9.36 Å². The van der Waals surface area contributed by atoms with Gasteiger partial charge in [-0.1, -0.05) is 30.3 Å². The number of carboxylic acid groups (broad SMARTS) is 1. The molecule has 1 atom stereocenters. The van der Waals surface area contributed by atoms with Crippen LogP contribution >= 0.6 is 7.82 Å². The SMILES string of the molecule is CC[N+](CC)(CC(=O)Nc1c(C)cccc1C)Cc1ccccc1OP(=O)([O-])O.O=C(O)C(F)(F)F. The smallest absolute Gasteiger partial charge is 0.490 e. The van der Waals surface area contributed by atoms with Crippen LogP contribution in [0.4, 0.5) is 18.9 Å². The first-order valence-electron chi connectivity index (χ1n) is 10.9. The number of anilines is 1. The van der Waals surface area contributed by atoms with Crippen molar-refractivity contribution in [2.75, 3.05) is 25.0 Å². The molecule has 0 fully saturated rings. The van der Waals surface area contributed by atoms with E-state index >= 15 is 0 Å². The van der Waals surface area contributed by atoms with E-state index in [1.165, 1.54) is 6.07 Å². The van der Waals surface area contributed by atoms with Crippen molar-refractivity contribution in [2.24, 2.45) is 0 Å². The number of aryl methyl sites for hydroxylation is 2. The van der Waals surface area contributed by atoms with Gasteiger partial charge in [0.25, 0.3) is 5.91 Å². The molecule has 0 aliphatic heterocycles. The highest BCUT2D eigenvalue weighted by atomic mass is 31.2. The monoisotopic (exact) mass is 534 g/mol. The molecule has 0 aromatic heterocycles. The molecule has 0 radical (unpaired) electrons. The molecule has 0 saturated heterocycles.